The van der Waals surface area contributed by atoms with Crippen molar-refractivity contribution in [2.75, 3.05) is 40.4 Å². The van der Waals surface area contributed by atoms with Crippen molar-refractivity contribution in [3.63, 3.8) is 0 Å². The third kappa shape index (κ3) is 5.22. The standard InChI is InChI=1S/C15H21N3O2.2ClH/c1-19-13-9-12(10-14(11-13)20-2)15(3-4-16)18-7-5-17-6-8-18;;/h9-11,15,17H,3,5-8H2,1-2H3;2*1H/t15-;;/m1../s1. The summed E-state index contributed by atoms with van der Waals surface area (Å²) in [5.74, 6) is 1.52. The Morgan fingerprint density at radius 3 is 2.14 bits per heavy atom. The molecule has 0 unspecified atom stereocenters. The molecule has 7 heteroatoms. The molecule has 1 saturated heterocycles. The predicted molar refractivity (Wildman–Crippen MR) is 91.5 cm³/mol. The Morgan fingerprint density at radius 2 is 1.68 bits per heavy atom. The van der Waals surface area contributed by atoms with Gasteiger partial charge in [0.15, 0.2) is 0 Å². The van der Waals surface area contributed by atoms with Crippen LogP contribution in [0.1, 0.15) is 18.0 Å². The molecule has 0 aliphatic carbocycles. The quantitative estimate of drug-likeness (QED) is 0.886. The highest BCUT2D eigenvalue weighted by molar-refractivity contribution is 5.85. The van der Waals surface area contributed by atoms with Gasteiger partial charge in [0, 0.05) is 38.3 Å². The van der Waals surface area contributed by atoms with Gasteiger partial charge in [-0.1, -0.05) is 0 Å². The van der Waals surface area contributed by atoms with Gasteiger partial charge in [-0.05, 0) is 17.7 Å². The van der Waals surface area contributed by atoms with Gasteiger partial charge in [-0.3, -0.25) is 4.90 Å². The molecule has 0 bridgehead atoms. The Bertz CT molecular complexity index is 466. The molecule has 1 fully saturated rings. The van der Waals surface area contributed by atoms with Gasteiger partial charge in [-0.25, -0.2) is 0 Å². The van der Waals surface area contributed by atoms with E-state index < -0.39 is 0 Å². The Hall–Kier alpha value is -1.19. The zero-order valence-corrected chi connectivity index (χ0v) is 14.5. The van der Waals surface area contributed by atoms with Crippen LogP contribution in [0.5, 0.6) is 11.5 Å². The zero-order chi connectivity index (χ0) is 14.4. The molecule has 1 N–H and O–H groups in total. The minimum absolute atomic E-state index is 0. The average Bonchev–Trinajstić information content (AvgIpc) is 2.52. The van der Waals surface area contributed by atoms with Crippen LogP contribution in [0, 0.1) is 11.3 Å². The van der Waals surface area contributed by atoms with Gasteiger partial charge in [0.05, 0.1) is 26.7 Å². The minimum Gasteiger partial charge on any atom is -0.497 e. The molecule has 1 aliphatic heterocycles. The molecular formula is C15H23Cl2N3O2. The van der Waals surface area contributed by atoms with E-state index in [-0.39, 0.29) is 30.9 Å². The molecule has 1 atom stereocenters. The Labute approximate surface area is 144 Å². The first kappa shape index (κ1) is 20.8. The van der Waals surface area contributed by atoms with Crippen molar-refractivity contribution in [2.45, 2.75) is 12.5 Å². The number of hydrogen-bond acceptors (Lipinski definition) is 5. The van der Waals surface area contributed by atoms with Gasteiger partial charge in [0.2, 0.25) is 0 Å². The van der Waals surface area contributed by atoms with E-state index in [9.17, 15) is 0 Å². The largest absolute Gasteiger partial charge is 0.497 e. The smallest absolute Gasteiger partial charge is 0.122 e. The van der Waals surface area contributed by atoms with Crippen LogP contribution in [-0.2, 0) is 0 Å². The number of methoxy groups -OCH3 is 2. The number of nitrogens with one attached hydrogen (secondary N) is 1. The van der Waals surface area contributed by atoms with Crippen molar-refractivity contribution in [2.24, 2.45) is 0 Å². The lowest BCUT2D eigenvalue weighted by Gasteiger charge is -2.34. The first-order valence-corrected chi connectivity index (χ1v) is 6.83. The number of ether oxygens (including phenoxy) is 2. The summed E-state index contributed by atoms with van der Waals surface area (Å²) in [6, 6.07) is 8.22. The first-order valence-electron chi connectivity index (χ1n) is 6.83. The number of halogens is 2. The Balaban J connectivity index is 0.00000220. The van der Waals surface area contributed by atoms with E-state index in [2.05, 4.69) is 16.3 Å². The van der Waals surface area contributed by atoms with Crippen LogP contribution in [0.3, 0.4) is 0 Å². The second-order valence-corrected chi connectivity index (χ2v) is 4.81. The molecule has 1 heterocycles. The van der Waals surface area contributed by atoms with E-state index in [1.54, 1.807) is 14.2 Å². The van der Waals surface area contributed by atoms with Crippen LogP contribution >= 0.6 is 24.8 Å². The molecule has 22 heavy (non-hydrogen) atoms. The van der Waals surface area contributed by atoms with Gasteiger partial charge >= 0.3 is 0 Å². The molecular weight excluding hydrogens is 325 g/mol. The molecule has 0 aromatic heterocycles. The second-order valence-electron chi connectivity index (χ2n) is 4.81. The van der Waals surface area contributed by atoms with E-state index >= 15 is 0 Å². The minimum atomic E-state index is 0. The molecule has 0 radical (unpaired) electrons. The van der Waals surface area contributed by atoms with Crippen molar-refractivity contribution in [3.8, 4) is 17.6 Å². The third-order valence-electron chi connectivity index (χ3n) is 3.64. The van der Waals surface area contributed by atoms with E-state index in [4.69, 9.17) is 14.7 Å². The van der Waals surface area contributed by atoms with Gasteiger partial charge < -0.3 is 14.8 Å². The molecule has 2 rings (SSSR count). The van der Waals surface area contributed by atoms with E-state index in [1.165, 1.54) is 0 Å². The van der Waals surface area contributed by atoms with Crippen molar-refractivity contribution >= 4 is 24.8 Å². The molecule has 124 valence electrons. The third-order valence-corrected chi connectivity index (χ3v) is 3.64. The number of benzene rings is 1. The Kier molecular flexibility index (Phi) is 9.95. The summed E-state index contributed by atoms with van der Waals surface area (Å²) in [7, 11) is 3.28. The lowest BCUT2D eigenvalue weighted by Crippen LogP contribution is -2.45. The van der Waals surface area contributed by atoms with Crippen LogP contribution in [-0.4, -0.2) is 45.3 Å². The summed E-state index contributed by atoms with van der Waals surface area (Å²) in [6.45, 7) is 3.82. The maximum atomic E-state index is 9.13. The van der Waals surface area contributed by atoms with Crippen LogP contribution < -0.4 is 14.8 Å². The zero-order valence-electron chi connectivity index (χ0n) is 12.9. The summed E-state index contributed by atoms with van der Waals surface area (Å²) in [4.78, 5) is 2.34. The van der Waals surface area contributed by atoms with Gasteiger partial charge in [-0.15, -0.1) is 24.8 Å². The van der Waals surface area contributed by atoms with Crippen LogP contribution in [0.15, 0.2) is 18.2 Å². The summed E-state index contributed by atoms with van der Waals surface area (Å²) in [6.07, 6.45) is 0.469. The van der Waals surface area contributed by atoms with E-state index in [0.29, 0.717) is 6.42 Å². The van der Waals surface area contributed by atoms with Crippen molar-refractivity contribution < 1.29 is 9.47 Å². The first-order chi connectivity index (χ1) is 9.78. The molecule has 0 spiro atoms. The fourth-order valence-electron chi connectivity index (χ4n) is 2.56. The predicted octanol–water partition coefficient (Wildman–Crippen LogP) is 2.41. The maximum Gasteiger partial charge on any atom is 0.122 e. The number of nitrogens with zero attached hydrogens (tertiary/aromatic N) is 2. The number of rotatable bonds is 5. The van der Waals surface area contributed by atoms with Crippen molar-refractivity contribution in [1.29, 1.82) is 5.26 Å². The Morgan fingerprint density at radius 1 is 1.14 bits per heavy atom. The number of hydrogen-bond donors (Lipinski definition) is 1. The maximum absolute atomic E-state index is 9.13. The van der Waals surface area contributed by atoms with Gasteiger partial charge in [0.25, 0.3) is 0 Å². The highest BCUT2D eigenvalue weighted by atomic mass is 35.5. The normalized spacial score (nSPS) is 15.7. The van der Waals surface area contributed by atoms with Crippen molar-refractivity contribution in [3.05, 3.63) is 23.8 Å². The fourth-order valence-corrected chi connectivity index (χ4v) is 2.56. The van der Waals surface area contributed by atoms with Gasteiger partial charge in [-0.2, -0.15) is 5.26 Å². The van der Waals surface area contributed by atoms with E-state index in [0.717, 1.165) is 43.2 Å². The molecule has 5 nitrogen and oxygen atoms in total. The molecule has 1 aliphatic rings. The lowest BCUT2D eigenvalue weighted by molar-refractivity contribution is 0.175. The molecule has 0 amide bonds. The van der Waals surface area contributed by atoms with Gasteiger partial charge in [0.1, 0.15) is 11.5 Å². The van der Waals surface area contributed by atoms with Crippen LogP contribution in [0.2, 0.25) is 0 Å². The highest BCUT2D eigenvalue weighted by Crippen LogP contribution is 2.31. The fraction of sp³-hybridized carbons (Fsp3) is 0.533. The highest BCUT2D eigenvalue weighted by Gasteiger charge is 2.23. The van der Waals surface area contributed by atoms with E-state index in [1.807, 2.05) is 18.2 Å². The SMILES string of the molecule is COc1cc(OC)cc([C@@H](CC#N)N2CCNCC2)c1.Cl.Cl. The lowest BCUT2D eigenvalue weighted by atomic mass is 10.0. The topological polar surface area (TPSA) is 57.5 Å². The summed E-state index contributed by atoms with van der Waals surface area (Å²) >= 11 is 0. The molecule has 1 aromatic carbocycles. The monoisotopic (exact) mass is 347 g/mol. The average molecular weight is 348 g/mol. The second kappa shape index (κ2) is 10.5. The van der Waals surface area contributed by atoms with Crippen LogP contribution in [0.4, 0.5) is 0 Å². The molecule has 0 saturated carbocycles. The number of piperazine rings is 1. The van der Waals surface area contributed by atoms with Crippen LogP contribution in [0.25, 0.3) is 0 Å². The van der Waals surface area contributed by atoms with Crippen molar-refractivity contribution in [1.82, 2.24) is 10.2 Å². The number of nitriles is 1. The summed E-state index contributed by atoms with van der Waals surface area (Å²) in [5.41, 5.74) is 1.07. The summed E-state index contributed by atoms with van der Waals surface area (Å²) < 4.78 is 10.6. The summed E-state index contributed by atoms with van der Waals surface area (Å²) in [5, 5.41) is 12.5. The molecule has 1 aromatic rings.